The van der Waals surface area contributed by atoms with E-state index in [9.17, 15) is 0 Å². The molecule has 1 heterocycles. The van der Waals surface area contributed by atoms with Gasteiger partial charge in [-0.2, -0.15) is 5.90 Å². The van der Waals surface area contributed by atoms with E-state index in [-0.39, 0.29) is 0 Å². The van der Waals surface area contributed by atoms with Gasteiger partial charge in [-0.15, -0.1) is 0 Å². The van der Waals surface area contributed by atoms with Crippen molar-refractivity contribution < 1.29 is 4.84 Å². The molecule has 0 radical (unpaired) electrons. The molecule has 0 amide bonds. The van der Waals surface area contributed by atoms with Crippen molar-refractivity contribution in [2.75, 3.05) is 0 Å². The largest absolute Gasteiger partial charge is 0.391 e. The predicted molar refractivity (Wildman–Crippen MR) is 38.2 cm³/mol. The van der Waals surface area contributed by atoms with Crippen LogP contribution in [0.4, 0.5) is 0 Å². The molecule has 0 aromatic carbocycles. The Balaban J connectivity index is 0.000000371. The van der Waals surface area contributed by atoms with Gasteiger partial charge >= 0.3 is 0 Å². The fraction of sp³-hybridized carbons (Fsp3) is 0.333. The van der Waals surface area contributed by atoms with Gasteiger partial charge < -0.3 is 4.84 Å². The molecular weight excluding hydrogens is 130 g/mol. The van der Waals surface area contributed by atoms with Gasteiger partial charge in [0.2, 0.25) is 5.88 Å². The summed E-state index contributed by atoms with van der Waals surface area (Å²) in [6.45, 7) is 4.00. The van der Waals surface area contributed by atoms with Crippen LogP contribution in [0.15, 0.2) is 18.6 Å². The van der Waals surface area contributed by atoms with Gasteiger partial charge in [-0.25, -0.2) is 9.97 Å². The summed E-state index contributed by atoms with van der Waals surface area (Å²) in [7, 11) is 0. The van der Waals surface area contributed by atoms with Crippen LogP contribution in [0.3, 0.4) is 0 Å². The molecule has 0 saturated carbocycles. The maximum Gasteiger partial charge on any atom is 0.240 e. The summed E-state index contributed by atoms with van der Waals surface area (Å²) in [4.78, 5) is 11.5. The number of rotatable bonds is 1. The lowest BCUT2D eigenvalue weighted by atomic mass is 10.6. The average Bonchev–Trinajstić information content (AvgIpc) is 2.10. The van der Waals surface area contributed by atoms with E-state index < -0.39 is 0 Å². The fourth-order valence-electron chi connectivity index (χ4n) is 0.348. The molecule has 2 N–H and O–H groups in total. The zero-order chi connectivity index (χ0) is 7.82. The second-order valence-corrected chi connectivity index (χ2v) is 1.17. The third kappa shape index (κ3) is 2.99. The van der Waals surface area contributed by atoms with Crippen molar-refractivity contribution in [3.8, 4) is 5.88 Å². The first-order chi connectivity index (χ1) is 4.93. The number of nitrogens with zero attached hydrogens (tertiary/aromatic N) is 2. The quantitative estimate of drug-likeness (QED) is 0.586. The lowest BCUT2D eigenvalue weighted by Gasteiger charge is -1.90. The smallest absolute Gasteiger partial charge is 0.240 e. The molecule has 0 aliphatic heterocycles. The van der Waals surface area contributed by atoms with Crippen LogP contribution in [0, 0.1) is 0 Å². The van der Waals surface area contributed by atoms with Crippen LogP contribution in [-0.4, -0.2) is 9.97 Å². The van der Waals surface area contributed by atoms with Gasteiger partial charge in [-0.05, 0) is 0 Å². The minimum absolute atomic E-state index is 0.375. The van der Waals surface area contributed by atoms with Crippen molar-refractivity contribution in [1.29, 1.82) is 0 Å². The first kappa shape index (κ1) is 8.84. The van der Waals surface area contributed by atoms with Crippen molar-refractivity contribution in [1.82, 2.24) is 9.97 Å². The van der Waals surface area contributed by atoms with Gasteiger partial charge in [0.15, 0.2) is 0 Å². The van der Waals surface area contributed by atoms with E-state index in [1.54, 1.807) is 12.3 Å². The third-order valence-electron chi connectivity index (χ3n) is 0.676. The Bertz CT molecular complexity index is 154. The van der Waals surface area contributed by atoms with E-state index in [2.05, 4.69) is 14.8 Å². The Morgan fingerprint density at radius 2 is 2.20 bits per heavy atom. The molecule has 1 aromatic heterocycles. The van der Waals surface area contributed by atoms with Crippen LogP contribution in [0.5, 0.6) is 5.88 Å². The molecule has 1 aromatic rings. The van der Waals surface area contributed by atoms with Crippen LogP contribution in [0.2, 0.25) is 0 Å². The molecule has 0 aliphatic rings. The molecule has 0 bridgehead atoms. The predicted octanol–water partition coefficient (Wildman–Crippen LogP) is 0.755. The zero-order valence-electron chi connectivity index (χ0n) is 6.11. The normalized spacial score (nSPS) is 7.50. The SMILES string of the molecule is CC.NOc1ccncn1. The highest BCUT2D eigenvalue weighted by Crippen LogP contribution is 1.96. The van der Waals surface area contributed by atoms with Crippen LogP contribution in [0.1, 0.15) is 13.8 Å². The fourth-order valence-corrected chi connectivity index (χ4v) is 0.348. The van der Waals surface area contributed by atoms with Crippen LogP contribution in [0.25, 0.3) is 0 Å². The maximum absolute atomic E-state index is 4.76. The third-order valence-corrected chi connectivity index (χ3v) is 0.676. The number of aromatic nitrogens is 2. The maximum atomic E-state index is 4.76. The van der Waals surface area contributed by atoms with E-state index in [4.69, 9.17) is 5.90 Å². The first-order valence-corrected chi connectivity index (χ1v) is 3.06. The Morgan fingerprint density at radius 1 is 1.50 bits per heavy atom. The van der Waals surface area contributed by atoms with Crippen LogP contribution >= 0.6 is 0 Å². The van der Waals surface area contributed by atoms with Gasteiger partial charge in [0.1, 0.15) is 6.33 Å². The van der Waals surface area contributed by atoms with Gasteiger partial charge in [0.05, 0.1) is 0 Å². The molecule has 0 unspecified atom stereocenters. The van der Waals surface area contributed by atoms with Crippen molar-refractivity contribution in [2.24, 2.45) is 5.90 Å². The Kier molecular flexibility index (Phi) is 5.28. The summed E-state index contributed by atoms with van der Waals surface area (Å²) in [6, 6.07) is 1.57. The van der Waals surface area contributed by atoms with Crippen molar-refractivity contribution >= 4 is 0 Å². The lowest BCUT2D eigenvalue weighted by Crippen LogP contribution is -2.02. The van der Waals surface area contributed by atoms with E-state index in [1.807, 2.05) is 13.8 Å². The summed E-state index contributed by atoms with van der Waals surface area (Å²) in [6.07, 6.45) is 2.91. The first-order valence-electron chi connectivity index (χ1n) is 3.06. The highest BCUT2D eigenvalue weighted by Gasteiger charge is 1.84. The van der Waals surface area contributed by atoms with Crippen molar-refractivity contribution in [3.63, 3.8) is 0 Å². The van der Waals surface area contributed by atoms with Gasteiger partial charge in [-0.1, -0.05) is 13.8 Å². The zero-order valence-corrected chi connectivity index (χ0v) is 6.11. The Labute approximate surface area is 60.0 Å². The average molecular weight is 141 g/mol. The van der Waals surface area contributed by atoms with Crippen LogP contribution < -0.4 is 10.7 Å². The van der Waals surface area contributed by atoms with E-state index in [1.165, 1.54) is 6.33 Å². The van der Waals surface area contributed by atoms with Gasteiger partial charge in [0.25, 0.3) is 0 Å². The summed E-state index contributed by atoms with van der Waals surface area (Å²) in [5.74, 6) is 5.13. The highest BCUT2D eigenvalue weighted by molar-refractivity contribution is 5.03. The molecule has 0 saturated heterocycles. The second kappa shape index (κ2) is 5.97. The monoisotopic (exact) mass is 141 g/mol. The molecule has 4 heteroatoms. The topological polar surface area (TPSA) is 61.0 Å². The summed E-state index contributed by atoms with van der Waals surface area (Å²) in [5.41, 5.74) is 0. The van der Waals surface area contributed by atoms with E-state index >= 15 is 0 Å². The molecule has 10 heavy (non-hydrogen) atoms. The summed E-state index contributed by atoms with van der Waals surface area (Å²) >= 11 is 0. The lowest BCUT2D eigenvalue weighted by molar-refractivity contribution is 0.320. The molecule has 4 nitrogen and oxygen atoms in total. The van der Waals surface area contributed by atoms with E-state index in [0.717, 1.165) is 0 Å². The number of hydrogen-bond acceptors (Lipinski definition) is 4. The minimum Gasteiger partial charge on any atom is -0.391 e. The van der Waals surface area contributed by atoms with Crippen LogP contribution in [-0.2, 0) is 0 Å². The molecule has 0 aliphatic carbocycles. The van der Waals surface area contributed by atoms with Gasteiger partial charge in [0, 0.05) is 12.3 Å². The molecular formula is C6H11N3O. The molecule has 0 spiro atoms. The summed E-state index contributed by atoms with van der Waals surface area (Å²) < 4.78 is 0. The molecule has 1 rings (SSSR count). The second-order valence-electron chi connectivity index (χ2n) is 1.17. The Hall–Kier alpha value is -1.16. The van der Waals surface area contributed by atoms with Crippen molar-refractivity contribution in [3.05, 3.63) is 18.6 Å². The number of nitrogens with two attached hydrogens (primary N) is 1. The molecule has 0 atom stereocenters. The number of hydrogen-bond donors (Lipinski definition) is 1. The standard InChI is InChI=1S/C4H5N3O.C2H6/c5-8-4-1-2-6-3-7-4;1-2/h1-3H,5H2;1-2H3. The van der Waals surface area contributed by atoms with Gasteiger partial charge in [-0.3, -0.25) is 0 Å². The summed E-state index contributed by atoms with van der Waals surface area (Å²) in [5, 5.41) is 0. The van der Waals surface area contributed by atoms with Crippen molar-refractivity contribution in [2.45, 2.75) is 13.8 Å². The highest BCUT2D eigenvalue weighted by atomic mass is 16.6. The Morgan fingerprint density at radius 3 is 2.50 bits per heavy atom. The molecule has 0 fully saturated rings. The van der Waals surface area contributed by atoms with E-state index in [0.29, 0.717) is 5.88 Å². The molecule has 56 valence electrons. The minimum atomic E-state index is 0.375.